The molecule has 0 heterocycles. The fourth-order valence-corrected chi connectivity index (χ4v) is 2.54. The number of hydrogen-bond donors (Lipinski definition) is 1. The van der Waals surface area contributed by atoms with Gasteiger partial charge in [-0.05, 0) is 19.4 Å². The van der Waals surface area contributed by atoms with Gasteiger partial charge in [0.25, 0.3) is 5.69 Å². The zero-order chi connectivity index (χ0) is 14.9. The summed E-state index contributed by atoms with van der Waals surface area (Å²) in [5.74, 6) is -0.480. The normalized spacial score (nSPS) is 24.0. The lowest BCUT2D eigenvalue weighted by Gasteiger charge is -2.52. The number of hydrogen-bond acceptors (Lipinski definition) is 4. The summed E-state index contributed by atoms with van der Waals surface area (Å²) < 4.78 is 19.3. The topological polar surface area (TPSA) is 64.4 Å². The van der Waals surface area contributed by atoms with Crippen LogP contribution in [-0.2, 0) is 4.74 Å². The Morgan fingerprint density at radius 2 is 2.25 bits per heavy atom. The molecule has 0 saturated heterocycles. The predicted molar refractivity (Wildman–Crippen MR) is 74.3 cm³/mol. The van der Waals surface area contributed by atoms with Crippen molar-refractivity contribution in [1.82, 2.24) is 0 Å². The molecule has 1 aliphatic carbocycles. The number of rotatable bonds is 5. The number of halogens is 1. The second kappa shape index (κ2) is 5.36. The van der Waals surface area contributed by atoms with E-state index in [1.54, 1.807) is 0 Å². The van der Waals surface area contributed by atoms with Gasteiger partial charge in [0, 0.05) is 30.2 Å². The van der Waals surface area contributed by atoms with E-state index in [9.17, 15) is 14.5 Å². The Bertz CT molecular complexity index is 519. The van der Waals surface area contributed by atoms with Crippen molar-refractivity contribution in [1.29, 1.82) is 0 Å². The molecule has 1 N–H and O–H groups in total. The molecule has 0 spiro atoms. The van der Waals surface area contributed by atoms with E-state index in [0.29, 0.717) is 6.61 Å². The third-order valence-electron chi connectivity index (χ3n) is 4.04. The summed E-state index contributed by atoms with van der Waals surface area (Å²) in [6.07, 6.45) is 0.898. The molecule has 1 aliphatic rings. The molecular weight excluding hydrogens is 263 g/mol. The molecule has 0 radical (unpaired) electrons. The summed E-state index contributed by atoms with van der Waals surface area (Å²) in [7, 11) is 0. The SMILES string of the molecule is CCOC1CC(Nc2cc([N+](=O)[O-])ccc2F)C1(C)C. The Morgan fingerprint density at radius 3 is 2.80 bits per heavy atom. The van der Waals surface area contributed by atoms with E-state index in [-0.39, 0.29) is 28.9 Å². The largest absolute Gasteiger partial charge is 0.379 e. The highest BCUT2D eigenvalue weighted by Crippen LogP contribution is 2.44. The Hall–Kier alpha value is -1.69. The first-order valence-electron chi connectivity index (χ1n) is 6.68. The second-order valence-electron chi connectivity index (χ2n) is 5.62. The summed E-state index contributed by atoms with van der Waals surface area (Å²) in [6, 6.07) is 3.55. The van der Waals surface area contributed by atoms with Crippen molar-refractivity contribution in [2.24, 2.45) is 5.41 Å². The van der Waals surface area contributed by atoms with E-state index >= 15 is 0 Å². The van der Waals surface area contributed by atoms with Gasteiger partial charge in [0.05, 0.1) is 16.7 Å². The van der Waals surface area contributed by atoms with Crippen LogP contribution in [0.1, 0.15) is 27.2 Å². The maximum absolute atomic E-state index is 13.7. The summed E-state index contributed by atoms with van der Waals surface area (Å²) in [4.78, 5) is 10.2. The maximum Gasteiger partial charge on any atom is 0.271 e. The Labute approximate surface area is 117 Å². The third-order valence-corrected chi connectivity index (χ3v) is 4.04. The Kier molecular flexibility index (Phi) is 3.94. The van der Waals surface area contributed by atoms with Gasteiger partial charge in [-0.25, -0.2) is 4.39 Å². The quantitative estimate of drug-likeness (QED) is 0.664. The minimum Gasteiger partial charge on any atom is -0.379 e. The van der Waals surface area contributed by atoms with Crippen molar-refractivity contribution in [3.05, 3.63) is 34.1 Å². The van der Waals surface area contributed by atoms with Crippen LogP contribution in [0.25, 0.3) is 0 Å². The fraction of sp³-hybridized carbons (Fsp3) is 0.571. The monoisotopic (exact) mass is 282 g/mol. The van der Waals surface area contributed by atoms with Crippen molar-refractivity contribution in [2.45, 2.75) is 39.3 Å². The molecule has 5 nitrogen and oxygen atoms in total. The lowest BCUT2D eigenvalue weighted by molar-refractivity contribution is -0.384. The molecule has 2 atom stereocenters. The predicted octanol–water partition coefficient (Wildman–Crippen LogP) is 3.35. The molecule has 20 heavy (non-hydrogen) atoms. The molecule has 1 aromatic rings. The second-order valence-corrected chi connectivity index (χ2v) is 5.62. The molecule has 6 heteroatoms. The number of nitro groups is 1. The smallest absolute Gasteiger partial charge is 0.271 e. The van der Waals surface area contributed by atoms with Gasteiger partial charge < -0.3 is 10.1 Å². The van der Waals surface area contributed by atoms with E-state index in [1.807, 2.05) is 20.8 Å². The standard InChI is InChI=1S/C14H19FN2O3/c1-4-20-13-8-12(14(13,2)3)16-11-7-9(17(18)19)5-6-10(11)15/h5-7,12-13,16H,4,8H2,1-3H3. The first kappa shape index (κ1) is 14.7. The average molecular weight is 282 g/mol. The minimum atomic E-state index is -0.528. The van der Waals surface area contributed by atoms with Gasteiger partial charge in [0.2, 0.25) is 0 Å². The van der Waals surface area contributed by atoms with Crippen LogP contribution >= 0.6 is 0 Å². The van der Waals surface area contributed by atoms with Gasteiger partial charge in [-0.2, -0.15) is 0 Å². The molecule has 2 rings (SSSR count). The van der Waals surface area contributed by atoms with Crippen molar-refractivity contribution in [2.75, 3.05) is 11.9 Å². The van der Waals surface area contributed by atoms with Crippen molar-refractivity contribution < 1.29 is 14.1 Å². The molecule has 1 aromatic carbocycles. The molecule has 1 saturated carbocycles. The summed E-state index contributed by atoms with van der Waals surface area (Å²) in [5, 5.41) is 13.8. The number of nitro benzene ring substituents is 1. The van der Waals surface area contributed by atoms with Crippen LogP contribution in [0.5, 0.6) is 0 Å². The van der Waals surface area contributed by atoms with E-state index in [1.165, 1.54) is 6.07 Å². The van der Waals surface area contributed by atoms with Gasteiger partial charge in [-0.3, -0.25) is 10.1 Å². The zero-order valence-electron chi connectivity index (χ0n) is 11.9. The van der Waals surface area contributed by atoms with Crippen LogP contribution in [-0.4, -0.2) is 23.7 Å². The van der Waals surface area contributed by atoms with Crippen LogP contribution in [0.15, 0.2) is 18.2 Å². The van der Waals surface area contributed by atoms with Crippen LogP contribution < -0.4 is 5.32 Å². The number of benzene rings is 1. The molecule has 110 valence electrons. The molecular formula is C14H19FN2O3. The zero-order valence-corrected chi connectivity index (χ0v) is 11.9. The van der Waals surface area contributed by atoms with Gasteiger partial charge in [0.15, 0.2) is 0 Å². The molecule has 1 fully saturated rings. The number of nitrogens with zero attached hydrogens (tertiary/aromatic N) is 1. The lowest BCUT2D eigenvalue weighted by atomic mass is 9.64. The number of nitrogens with one attached hydrogen (secondary N) is 1. The highest BCUT2D eigenvalue weighted by Gasteiger charge is 2.49. The number of anilines is 1. The van der Waals surface area contributed by atoms with Gasteiger partial charge in [-0.15, -0.1) is 0 Å². The van der Waals surface area contributed by atoms with E-state index < -0.39 is 10.7 Å². The Morgan fingerprint density at radius 1 is 1.55 bits per heavy atom. The molecule has 0 aromatic heterocycles. The first-order chi connectivity index (χ1) is 9.36. The average Bonchev–Trinajstić information content (AvgIpc) is 2.39. The van der Waals surface area contributed by atoms with Crippen molar-refractivity contribution in [3.63, 3.8) is 0 Å². The molecule has 0 aliphatic heterocycles. The van der Waals surface area contributed by atoms with Crippen molar-refractivity contribution in [3.8, 4) is 0 Å². The van der Waals surface area contributed by atoms with Gasteiger partial charge in [-0.1, -0.05) is 13.8 Å². The Balaban J connectivity index is 2.12. The van der Waals surface area contributed by atoms with Crippen LogP contribution in [0.2, 0.25) is 0 Å². The highest BCUT2D eigenvalue weighted by atomic mass is 19.1. The highest BCUT2D eigenvalue weighted by molar-refractivity contribution is 5.53. The fourth-order valence-electron chi connectivity index (χ4n) is 2.54. The first-order valence-corrected chi connectivity index (χ1v) is 6.68. The number of ether oxygens (including phenoxy) is 1. The van der Waals surface area contributed by atoms with Crippen molar-refractivity contribution >= 4 is 11.4 Å². The lowest BCUT2D eigenvalue weighted by Crippen LogP contribution is -2.58. The molecule has 0 amide bonds. The third kappa shape index (κ3) is 2.60. The minimum absolute atomic E-state index is 0.0376. The summed E-state index contributed by atoms with van der Waals surface area (Å²) in [5.41, 5.74) is -0.0767. The summed E-state index contributed by atoms with van der Waals surface area (Å²) in [6.45, 7) is 6.68. The number of non-ortho nitro benzene ring substituents is 1. The maximum atomic E-state index is 13.7. The van der Waals surface area contributed by atoms with E-state index in [4.69, 9.17) is 4.74 Å². The molecule has 2 unspecified atom stereocenters. The van der Waals surface area contributed by atoms with E-state index in [0.717, 1.165) is 18.6 Å². The van der Waals surface area contributed by atoms with Crippen LogP contribution in [0.4, 0.5) is 15.8 Å². The van der Waals surface area contributed by atoms with Gasteiger partial charge >= 0.3 is 0 Å². The summed E-state index contributed by atoms with van der Waals surface area (Å²) >= 11 is 0. The molecule has 0 bridgehead atoms. The van der Waals surface area contributed by atoms with Crippen LogP contribution in [0.3, 0.4) is 0 Å². The van der Waals surface area contributed by atoms with Crippen LogP contribution in [0, 0.1) is 21.3 Å². The van der Waals surface area contributed by atoms with E-state index in [2.05, 4.69) is 5.32 Å². The van der Waals surface area contributed by atoms with Gasteiger partial charge in [0.1, 0.15) is 5.82 Å².